The van der Waals surface area contributed by atoms with Crippen LogP contribution >= 0.6 is 34.5 Å². The van der Waals surface area contributed by atoms with Crippen molar-refractivity contribution in [1.29, 1.82) is 0 Å². The van der Waals surface area contributed by atoms with Crippen molar-refractivity contribution in [2.45, 2.75) is 26.3 Å². The number of thiophene rings is 1. The molecule has 0 aliphatic rings. The molecule has 0 N–H and O–H groups in total. The van der Waals surface area contributed by atoms with Gasteiger partial charge < -0.3 is 0 Å². The highest BCUT2D eigenvalue weighted by molar-refractivity contribution is 7.16. The van der Waals surface area contributed by atoms with Crippen LogP contribution in [0.3, 0.4) is 0 Å². The molecule has 0 aliphatic carbocycles. The van der Waals surface area contributed by atoms with Crippen molar-refractivity contribution >= 4 is 34.5 Å². The first kappa shape index (κ1) is 12.0. The Labute approximate surface area is 109 Å². The molecule has 0 unspecified atom stereocenters. The van der Waals surface area contributed by atoms with Crippen LogP contribution in [-0.4, -0.2) is 9.78 Å². The van der Waals surface area contributed by atoms with E-state index in [-0.39, 0.29) is 0 Å². The molecule has 0 saturated carbocycles. The quantitative estimate of drug-likeness (QED) is 0.774. The van der Waals surface area contributed by atoms with Crippen molar-refractivity contribution in [3.8, 4) is 0 Å². The van der Waals surface area contributed by atoms with Crippen LogP contribution in [0.2, 0.25) is 4.34 Å². The lowest BCUT2D eigenvalue weighted by molar-refractivity contribution is 0.665. The second-order valence-electron chi connectivity index (χ2n) is 3.65. The average Bonchev–Trinajstić information content (AvgIpc) is 2.74. The lowest BCUT2D eigenvalue weighted by Gasteiger charge is -2.02. The van der Waals surface area contributed by atoms with E-state index in [2.05, 4.69) is 5.10 Å². The summed E-state index contributed by atoms with van der Waals surface area (Å²) >= 11 is 13.4. The van der Waals surface area contributed by atoms with Crippen LogP contribution in [0.1, 0.15) is 21.8 Å². The first-order valence-corrected chi connectivity index (χ1v) is 6.67. The number of nitrogens with zero attached hydrogens (tertiary/aromatic N) is 2. The van der Waals surface area contributed by atoms with Crippen molar-refractivity contribution < 1.29 is 0 Å². The van der Waals surface area contributed by atoms with Gasteiger partial charge in [0, 0.05) is 16.1 Å². The zero-order valence-electron chi connectivity index (χ0n) is 9.13. The van der Waals surface area contributed by atoms with Crippen LogP contribution < -0.4 is 0 Å². The molecule has 2 nitrogen and oxygen atoms in total. The standard InChI is InChI=1S/C11H12Cl2N2S/c1-7-10(5-12)8(2)15(14-7)6-9-3-4-11(13)16-9/h3-4H,5-6H2,1-2H3. The van der Waals surface area contributed by atoms with E-state index in [1.165, 1.54) is 4.88 Å². The zero-order chi connectivity index (χ0) is 11.7. The van der Waals surface area contributed by atoms with E-state index in [0.29, 0.717) is 5.88 Å². The van der Waals surface area contributed by atoms with Crippen LogP contribution in [0.15, 0.2) is 12.1 Å². The molecule has 2 rings (SSSR count). The monoisotopic (exact) mass is 274 g/mol. The molecular weight excluding hydrogens is 263 g/mol. The van der Waals surface area contributed by atoms with Crippen molar-refractivity contribution in [1.82, 2.24) is 9.78 Å². The van der Waals surface area contributed by atoms with Gasteiger partial charge in [0.1, 0.15) is 0 Å². The third kappa shape index (κ3) is 2.26. The second kappa shape index (κ2) is 4.78. The maximum atomic E-state index is 5.90. The minimum Gasteiger partial charge on any atom is -0.264 e. The van der Waals surface area contributed by atoms with E-state index in [1.807, 2.05) is 30.7 Å². The van der Waals surface area contributed by atoms with Crippen LogP contribution in [0.4, 0.5) is 0 Å². The van der Waals surface area contributed by atoms with Gasteiger partial charge in [0.2, 0.25) is 0 Å². The maximum absolute atomic E-state index is 5.90. The van der Waals surface area contributed by atoms with E-state index in [0.717, 1.165) is 27.8 Å². The van der Waals surface area contributed by atoms with E-state index >= 15 is 0 Å². The molecular formula is C11H12Cl2N2S. The molecule has 16 heavy (non-hydrogen) atoms. The number of aromatic nitrogens is 2. The van der Waals surface area contributed by atoms with Gasteiger partial charge in [0.25, 0.3) is 0 Å². The Balaban J connectivity index is 2.28. The fourth-order valence-electron chi connectivity index (χ4n) is 1.67. The summed E-state index contributed by atoms with van der Waals surface area (Å²) in [7, 11) is 0. The minimum absolute atomic E-state index is 0.517. The van der Waals surface area contributed by atoms with Gasteiger partial charge in [-0.05, 0) is 26.0 Å². The Hall–Kier alpha value is -0.510. The summed E-state index contributed by atoms with van der Waals surface area (Å²) in [6.45, 7) is 4.80. The second-order valence-corrected chi connectivity index (χ2v) is 5.71. The highest BCUT2D eigenvalue weighted by Gasteiger charge is 2.11. The Morgan fingerprint density at radius 3 is 2.62 bits per heavy atom. The molecule has 0 radical (unpaired) electrons. The topological polar surface area (TPSA) is 17.8 Å². The third-order valence-corrected chi connectivity index (χ3v) is 4.08. The van der Waals surface area contributed by atoms with Gasteiger partial charge in [-0.1, -0.05) is 11.6 Å². The number of hydrogen-bond acceptors (Lipinski definition) is 2. The zero-order valence-corrected chi connectivity index (χ0v) is 11.5. The summed E-state index contributed by atoms with van der Waals surface area (Å²) in [4.78, 5) is 1.21. The molecule has 0 bridgehead atoms. The van der Waals surface area contributed by atoms with Crippen molar-refractivity contribution in [3.63, 3.8) is 0 Å². The molecule has 0 fully saturated rings. The van der Waals surface area contributed by atoms with E-state index in [1.54, 1.807) is 11.3 Å². The highest BCUT2D eigenvalue weighted by Crippen LogP contribution is 2.23. The van der Waals surface area contributed by atoms with Crippen molar-refractivity contribution in [2.75, 3.05) is 0 Å². The normalized spacial score (nSPS) is 11.0. The van der Waals surface area contributed by atoms with Gasteiger partial charge in [0.15, 0.2) is 0 Å². The molecule has 5 heteroatoms. The number of hydrogen-bond donors (Lipinski definition) is 0. The molecule has 2 aromatic rings. The van der Waals surface area contributed by atoms with Gasteiger partial charge in [-0.2, -0.15) is 5.10 Å². The summed E-state index contributed by atoms with van der Waals surface area (Å²) in [6.07, 6.45) is 0. The Morgan fingerprint density at radius 2 is 2.12 bits per heavy atom. The first-order chi connectivity index (χ1) is 7.61. The summed E-state index contributed by atoms with van der Waals surface area (Å²) in [5, 5.41) is 4.48. The highest BCUT2D eigenvalue weighted by atomic mass is 35.5. The predicted octanol–water partition coefficient (Wildman–Crippen LogP) is 4.00. The fraction of sp³-hybridized carbons (Fsp3) is 0.364. The summed E-state index contributed by atoms with van der Waals surface area (Å²) in [5.41, 5.74) is 3.27. The van der Waals surface area contributed by atoms with Crippen molar-refractivity contribution in [2.24, 2.45) is 0 Å². The molecule has 0 amide bonds. The molecule has 0 aliphatic heterocycles. The van der Waals surface area contributed by atoms with E-state index in [9.17, 15) is 0 Å². The molecule has 0 aromatic carbocycles. The molecule has 86 valence electrons. The van der Waals surface area contributed by atoms with E-state index < -0.39 is 0 Å². The van der Waals surface area contributed by atoms with Gasteiger partial charge >= 0.3 is 0 Å². The van der Waals surface area contributed by atoms with Crippen LogP contribution in [0, 0.1) is 13.8 Å². The number of halogens is 2. The van der Waals surface area contributed by atoms with Crippen molar-refractivity contribution in [3.05, 3.63) is 38.3 Å². The smallest absolute Gasteiger partial charge is 0.0931 e. The van der Waals surface area contributed by atoms with Gasteiger partial charge in [-0.15, -0.1) is 22.9 Å². The third-order valence-electron chi connectivity index (χ3n) is 2.60. The van der Waals surface area contributed by atoms with E-state index in [4.69, 9.17) is 23.2 Å². The van der Waals surface area contributed by atoms with Gasteiger partial charge in [0.05, 0.1) is 22.5 Å². The molecule has 0 atom stereocenters. The first-order valence-electron chi connectivity index (χ1n) is 4.95. The predicted molar refractivity (Wildman–Crippen MR) is 69.7 cm³/mol. The molecule has 0 spiro atoms. The number of aryl methyl sites for hydroxylation is 1. The molecule has 2 aromatic heterocycles. The summed E-state index contributed by atoms with van der Waals surface area (Å²) < 4.78 is 2.80. The molecule has 0 saturated heterocycles. The summed E-state index contributed by atoms with van der Waals surface area (Å²) in [6, 6.07) is 3.94. The Bertz CT molecular complexity index is 502. The largest absolute Gasteiger partial charge is 0.264 e. The Kier molecular flexibility index (Phi) is 3.57. The lowest BCUT2D eigenvalue weighted by atomic mass is 10.2. The average molecular weight is 275 g/mol. The fourth-order valence-corrected chi connectivity index (χ4v) is 3.12. The van der Waals surface area contributed by atoms with Gasteiger partial charge in [-0.25, -0.2) is 0 Å². The number of rotatable bonds is 3. The SMILES string of the molecule is Cc1nn(Cc2ccc(Cl)s2)c(C)c1CCl. The van der Waals surface area contributed by atoms with Gasteiger partial charge in [-0.3, -0.25) is 4.68 Å². The van der Waals surface area contributed by atoms with Crippen LogP contribution in [-0.2, 0) is 12.4 Å². The number of alkyl halides is 1. The molecule has 2 heterocycles. The minimum atomic E-state index is 0.517. The van der Waals surface area contributed by atoms with Crippen LogP contribution in [0.5, 0.6) is 0 Å². The maximum Gasteiger partial charge on any atom is 0.0931 e. The van der Waals surface area contributed by atoms with Crippen LogP contribution in [0.25, 0.3) is 0 Å². The lowest BCUT2D eigenvalue weighted by Crippen LogP contribution is -2.02. The Morgan fingerprint density at radius 1 is 1.38 bits per heavy atom. The summed E-state index contributed by atoms with van der Waals surface area (Å²) in [5.74, 6) is 0.517.